The highest BCUT2D eigenvalue weighted by atomic mass is 32.2. The molecule has 0 spiro atoms. The molecule has 0 radical (unpaired) electrons. The second kappa shape index (κ2) is 10.7. The number of hydrogen-bond acceptors (Lipinski definition) is 9. The number of aliphatic hydroxyl groups excluding tert-OH is 1. The zero-order valence-electron chi connectivity index (χ0n) is 22.0. The summed E-state index contributed by atoms with van der Waals surface area (Å²) in [6.07, 6.45) is 2.76. The zero-order chi connectivity index (χ0) is 28.9. The molecule has 1 saturated heterocycles. The fourth-order valence-corrected chi connectivity index (χ4v) is 7.69. The third-order valence-electron chi connectivity index (χ3n) is 7.16. The predicted octanol–water partition coefficient (Wildman–Crippen LogP) is 2.11. The molecule has 1 fully saturated rings. The van der Waals surface area contributed by atoms with Crippen LogP contribution < -0.4 is 10.3 Å². The number of carbonyl (C=O) groups excluding carboxylic acids is 3. The lowest BCUT2D eigenvalue weighted by Gasteiger charge is -2.46. The van der Waals surface area contributed by atoms with Gasteiger partial charge >= 0.3 is 5.97 Å². The summed E-state index contributed by atoms with van der Waals surface area (Å²) in [5, 5.41) is 22.1. The first-order valence-corrected chi connectivity index (χ1v) is 14.4. The van der Waals surface area contributed by atoms with Crippen LogP contribution in [-0.4, -0.2) is 55.0 Å². The Kier molecular flexibility index (Phi) is 7.42. The number of benzene rings is 1. The number of primary amides is 1. The van der Waals surface area contributed by atoms with Crippen molar-refractivity contribution in [2.45, 2.75) is 51.1 Å². The maximum Gasteiger partial charge on any atom is 0.355 e. The summed E-state index contributed by atoms with van der Waals surface area (Å²) in [6.45, 7) is 5.40. The Hall–Kier alpha value is -3.75. The van der Waals surface area contributed by atoms with E-state index in [1.165, 1.54) is 40.5 Å². The molecule has 1 aromatic carbocycles. The number of hydrogen-bond donors (Lipinski definition) is 2. The van der Waals surface area contributed by atoms with Gasteiger partial charge in [-0.3, -0.25) is 19.7 Å². The lowest BCUT2D eigenvalue weighted by atomic mass is 9.77. The number of aromatic nitrogens is 2. The van der Waals surface area contributed by atoms with Crippen molar-refractivity contribution in [3.63, 3.8) is 0 Å². The van der Waals surface area contributed by atoms with Gasteiger partial charge in [0.05, 0.1) is 27.9 Å². The summed E-state index contributed by atoms with van der Waals surface area (Å²) in [5.41, 5.74) is 6.71. The lowest BCUT2D eigenvalue weighted by Crippen LogP contribution is -2.63. The van der Waals surface area contributed by atoms with Gasteiger partial charge in [0.15, 0.2) is 6.54 Å². The third kappa shape index (κ3) is 4.65. The van der Waals surface area contributed by atoms with E-state index in [9.17, 15) is 29.6 Å². The standard InChI is InChI=1S/C26H27N5O7S2/c1-4-39-24-25-28(12-29(24)10-18(27)33)9-17(40-25)19-13(2)21-20(14(3)32)23(34)30(21)22(19)26(35)38-11-15-5-7-16(8-6-15)31(36)37/h5-9,12-14,20-21,32H,4,10-11H2,1-3H3,(H-,27,33)/p+1/t13-,14+,20+,21+/m0/s1. The average Bonchev–Trinajstić information content (AvgIpc) is 3.50. The summed E-state index contributed by atoms with van der Waals surface area (Å²) in [6, 6.07) is 5.29. The molecule has 0 bridgehead atoms. The molecule has 3 aromatic rings. The van der Waals surface area contributed by atoms with E-state index in [0.717, 1.165) is 20.5 Å². The van der Waals surface area contributed by atoms with E-state index in [2.05, 4.69) is 0 Å². The molecule has 2 amide bonds. The molecule has 4 heterocycles. The van der Waals surface area contributed by atoms with E-state index in [1.54, 1.807) is 29.6 Å². The highest BCUT2D eigenvalue weighted by molar-refractivity contribution is 7.99. The molecule has 210 valence electrons. The van der Waals surface area contributed by atoms with Gasteiger partial charge in [-0.05, 0) is 30.4 Å². The van der Waals surface area contributed by atoms with Gasteiger partial charge in [0.25, 0.3) is 17.9 Å². The van der Waals surface area contributed by atoms with Crippen LogP contribution in [0.1, 0.15) is 31.2 Å². The molecule has 14 heteroatoms. The number of esters is 1. The zero-order valence-corrected chi connectivity index (χ0v) is 23.6. The van der Waals surface area contributed by atoms with E-state index in [1.807, 2.05) is 24.4 Å². The van der Waals surface area contributed by atoms with Crippen LogP contribution in [-0.2, 0) is 32.3 Å². The minimum absolute atomic E-state index is 0.0335. The summed E-state index contributed by atoms with van der Waals surface area (Å²) in [5.74, 6) is -1.62. The number of ether oxygens (including phenoxy) is 1. The van der Waals surface area contributed by atoms with Crippen LogP contribution in [0.25, 0.3) is 10.4 Å². The van der Waals surface area contributed by atoms with Crippen LogP contribution in [0.15, 0.2) is 47.5 Å². The molecule has 2 aliphatic heterocycles. The van der Waals surface area contributed by atoms with Crippen LogP contribution in [0.4, 0.5) is 5.69 Å². The first-order chi connectivity index (χ1) is 19.0. The Balaban J connectivity index is 1.52. The minimum Gasteiger partial charge on any atom is -0.456 e. The fourth-order valence-electron chi connectivity index (χ4n) is 5.43. The number of fused-ring (bicyclic) bond motifs is 2. The first-order valence-electron chi connectivity index (χ1n) is 12.6. The molecule has 40 heavy (non-hydrogen) atoms. The number of carbonyl (C=O) groups is 3. The number of nitro benzene ring substituents is 1. The molecule has 12 nitrogen and oxygen atoms in total. The molecule has 0 unspecified atom stereocenters. The number of aliphatic hydroxyl groups is 1. The molecule has 5 rings (SSSR count). The predicted molar refractivity (Wildman–Crippen MR) is 146 cm³/mol. The smallest absolute Gasteiger partial charge is 0.355 e. The van der Waals surface area contributed by atoms with Crippen molar-refractivity contribution in [3.8, 4) is 0 Å². The Morgan fingerprint density at radius 1 is 1.32 bits per heavy atom. The van der Waals surface area contributed by atoms with Gasteiger partial charge in [-0.25, -0.2) is 9.36 Å². The summed E-state index contributed by atoms with van der Waals surface area (Å²) < 4.78 is 9.27. The summed E-state index contributed by atoms with van der Waals surface area (Å²) in [4.78, 5) is 51.7. The van der Waals surface area contributed by atoms with Crippen molar-refractivity contribution in [2.24, 2.45) is 17.6 Å². The average molecular weight is 587 g/mol. The van der Waals surface area contributed by atoms with Crippen molar-refractivity contribution in [3.05, 3.63) is 63.0 Å². The van der Waals surface area contributed by atoms with E-state index < -0.39 is 34.9 Å². The van der Waals surface area contributed by atoms with Crippen LogP contribution in [0.2, 0.25) is 0 Å². The number of β-lactam (4-membered cyclic amide) rings is 1. The molecule has 3 N–H and O–H groups in total. The van der Waals surface area contributed by atoms with Crippen LogP contribution in [0.5, 0.6) is 0 Å². The lowest BCUT2D eigenvalue weighted by molar-refractivity contribution is -0.717. The van der Waals surface area contributed by atoms with Gasteiger partial charge in [-0.15, -0.1) is 0 Å². The fraction of sp³-hybridized carbons (Fsp3) is 0.385. The summed E-state index contributed by atoms with van der Waals surface area (Å²) in [7, 11) is 0. The van der Waals surface area contributed by atoms with Crippen LogP contribution >= 0.6 is 23.1 Å². The molecule has 2 aliphatic rings. The number of nitro groups is 1. The van der Waals surface area contributed by atoms with E-state index in [-0.39, 0.29) is 36.4 Å². The van der Waals surface area contributed by atoms with Crippen LogP contribution in [0.3, 0.4) is 0 Å². The Labute approximate surface area is 237 Å². The number of non-ortho nitro benzene ring substituents is 1. The SMILES string of the molecule is CCSc1c2sc(C3=C(C(=O)OCc4ccc([N+](=O)[O-])cc4)N4C(=O)[C@H]([C@@H](C)O)[C@H]4[C@H]3C)cn2c[n+]1CC(N)=O. The molecule has 0 aliphatic carbocycles. The van der Waals surface area contributed by atoms with E-state index >= 15 is 0 Å². The van der Waals surface area contributed by atoms with Gasteiger partial charge in [0, 0.05) is 23.6 Å². The quantitative estimate of drug-likeness (QED) is 0.0912. The van der Waals surface area contributed by atoms with Gasteiger partial charge < -0.3 is 20.5 Å². The molecular formula is C26H28N5O7S2+. The van der Waals surface area contributed by atoms with Crippen molar-refractivity contribution < 1.29 is 33.7 Å². The number of imidazole rings is 1. The normalized spacial score (nSPS) is 20.9. The highest BCUT2D eigenvalue weighted by Gasteiger charge is 2.60. The van der Waals surface area contributed by atoms with Crippen molar-refractivity contribution >= 4 is 57.0 Å². The van der Waals surface area contributed by atoms with E-state index in [4.69, 9.17) is 10.5 Å². The topological polar surface area (TPSA) is 161 Å². The van der Waals surface area contributed by atoms with E-state index in [0.29, 0.717) is 11.1 Å². The molecule has 4 atom stereocenters. The number of thiazole rings is 1. The second-order valence-corrected chi connectivity index (χ2v) is 12.1. The molecule has 2 aromatic heterocycles. The Morgan fingerprint density at radius 3 is 2.62 bits per heavy atom. The van der Waals surface area contributed by atoms with Gasteiger partial charge in [-0.2, -0.15) is 4.40 Å². The largest absolute Gasteiger partial charge is 0.456 e. The number of thioether (sulfide) groups is 1. The molecule has 0 saturated carbocycles. The monoisotopic (exact) mass is 586 g/mol. The van der Waals surface area contributed by atoms with Gasteiger partial charge in [0.2, 0.25) is 15.8 Å². The maximum atomic E-state index is 13.5. The van der Waals surface area contributed by atoms with Gasteiger partial charge in [0.1, 0.15) is 18.5 Å². The van der Waals surface area contributed by atoms with Crippen molar-refractivity contribution in [1.29, 1.82) is 0 Å². The van der Waals surface area contributed by atoms with Gasteiger partial charge in [-0.1, -0.05) is 36.9 Å². The van der Waals surface area contributed by atoms with Crippen LogP contribution in [0, 0.1) is 22.0 Å². The minimum atomic E-state index is -0.882. The maximum absolute atomic E-state index is 13.5. The van der Waals surface area contributed by atoms with Crippen molar-refractivity contribution in [1.82, 2.24) is 9.30 Å². The summed E-state index contributed by atoms with van der Waals surface area (Å²) >= 11 is 3.00. The number of nitrogens with zero attached hydrogens (tertiary/aromatic N) is 4. The first kappa shape index (κ1) is 27.8. The highest BCUT2D eigenvalue weighted by Crippen LogP contribution is 2.52. The Morgan fingerprint density at radius 2 is 2.02 bits per heavy atom. The third-order valence-corrected chi connectivity index (χ3v) is 9.42. The van der Waals surface area contributed by atoms with Crippen molar-refractivity contribution in [2.75, 3.05) is 5.75 Å². The molecular weight excluding hydrogens is 558 g/mol. The Bertz CT molecular complexity index is 1560. The number of nitrogens with two attached hydrogens (primary N) is 1. The number of rotatable bonds is 10. The number of amides is 2. The second-order valence-electron chi connectivity index (χ2n) is 9.77.